The van der Waals surface area contributed by atoms with Gasteiger partial charge < -0.3 is 4.74 Å². The molecule has 15 heavy (non-hydrogen) atoms. The quantitative estimate of drug-likeness (QED) is 0.563. The number of benzene rings is 1. The van der Waals surface area contributed by atoms with Crippen LogP contribution in [0.25, 0.3) is 0 Å². The Hall–Kier alpha value is -1.52. The summed E-state index contributed by atoms with van der Waals surface area (Å²) in [5, 5.41) is 0. The molecule has 0 aliphatic carbocycles. The number of ether oxygens (including phenoxy) is 1. The van der Waals surface area contributed by atoms with Gasteiger partial charge in [-0.3, -0.25) is 4.79 Å². The third-order valence-corrected chi connectivity index (χ3v) is 1.64. The van der Waals surface area contributed by atoms with Gasteiger partial charge in [0.2, 0.25) is 5.75 Å². The van der Waals surface area contributed by atoms with Gasteiger partial charge in [-0.15, -0.1) is 0 Å². The summed E-state index contributed by atoms with van der Waals surface area (Å²) in [6.45, 7) is 3.03. The van der Waals surface area contributed by atoms with E-state index in [9.17, 15) is 18.0 Å². The van der Waals surface area contributed by atoms with Gasteiger partial charge in [0.25, 0.3) is 0 Å². The van der Waals surface area contributed by atoms with Crippen LogP contribution in [0.15, 0.2) is 12.1 Å². The van der Waals surface area contributed by atoms with E-state index in [0.717, 1.165) is 0 Å². The first kappa shape index (κ1) is 11.6. The minimum atomic E-state index is -1.23. The molecule has 0 aliphatic rings. The second-order valence-corrected chi connectivity index (χ2v) is 3.27. The lowest BCUT2D eigenvalue weighted by atomic mass is 10.2. The molecule has 0 spiro atoms. The predicted octanol–water partition coefficient (Wildman–Crippen LogP) is 2.67. The number of carbonyl (C=O) groups is 1. The Morgan fingerprint density at radius 1 is 1.20 bits per heavy atom. The number of esters is 1. The summed E-state index contributed by atoms with van der Waals surface area (Å²) in [5.41, 5.74) is 0. The van der Waals surface area contributed by atoms with Crippen molar-refractivity contribution in [2.75, 3.05) is 0 Å². The number of rotatable bonds is 2. The zero-order valence-corrected chi connectivity index (χ0v) is 8.18. The molecule has 0 unspecified atom stereocenters. The molecule has 1 aromatic carbocycles. The van der Waals surface area contributed by atoms with Crippen LogP contribution < -0.4 is 4.74 Å². The van der Waals surface area contributed by atoms with Gasteiger partial charge in [0.15, 0.2) is 11.6 Å². The van der Waals surface area contributed by atoms with Crippen molar-refractivity contribution in [3.63, 3.8) is 0 Å². The van der Waals surface area contributed by atoms with Gasteiger partial charge in [-0.2, -0.15) is 0 Å². The Labute approximate surface area is 84.7 Å². The molecular formula is C10H9F3O2. The molecule has 82 valence electrons. The fourth-order valence-corrected chi connectivity index (χ4v) is 0.845. The summed E-state index contributed by atoms with van der Waals surface area (Å²) >= 11 is 0. The molecule has 1 aromatic rings. The van der Waals surface area contributed by atoms with Crippen LogP contribution in [0.2, 0.25) is 0 Å². The fraction of sp³-hybridized carbons (Fsp3) is 0.300. The monoisotopic (exact) mass is 218 g/mol. The molecule has 2 nitrogen and oxygen atoms in total. The lowest BCUT2D eigenvalue weighted by Crippen LogP contribution is -2.16. The van der Waals surface area contributed by atoms with Crippen LogP contribution >= 0.6 is 0 Å². The Balaban J connectivity index is 3.00. The minimum Gasteiger partial charge on any atom is -0.420 e. The Morgan fingerprint density at radius 3 is 2.07 bits per heavy atom. The number of hydrogen-bond donors (Lipinski definition) is 0. The molecule has 5 heteroatoms. The molecule has 0 saturated carbocycles. The van der Waals surface area contributed by atoms with Gasteiger partial charge in [0, 0.05) is 12.1 Å². The van der Waals surface area contributed by atoms with E-state index in [1.807, 2.05) is 0 Å². The van der Waals surface area contributed by atoms with Crippen molar-refractivity contribution in [1.29, 1.82) is 0 Å². The van der Waals surface area contributed by atoms with Crippen molar-refractivity contribution in [1.82, 2.24) is 0 Å². The summed E-state index contributed by atoms with van der Waals surface area (Å²) in [6, 6.07) is 0.901. The highest BCUT2D eigenvalue weighted by Gasteiger charge is 2.18. The van der Waals surface area contributed by atoms with Gasteiger partial charge >= 0.3 is 5.97 Å². The van der Waals surface area contributed by atoms with Gasteiger partial charge in [-0.05, 0) is 0 Å². The van der Waals surface area contributed by atoms with Crippen LogP contribution in [0.3, 0.4) is 0 Å². The molecule has 0 bridgehead atoms. The van der Waals surface area contributed by atoms with Crippen LogP contribution in [-0.4, -0.2) is 5.97 Å². The first-order chi connectivity index (χ1) is 6.91. The van der Waals surface area contributed by atoms with Crippen molar-refractivity contribution in [2.24, 2.45) is 5.92 Å². The van der Waals surface area contributed by atoms with Crippen LogP contribution in [0, 0.1) is 23.4 Å². The zero-order chi connectivity index (χ0) is 11.6. The molecule has 0 heterocycles. The molecule has 1 rings (SSSR count). The van der Waals surface area contributed by atoms with Gasteiger partial charge in [-0.1, -0.05) is 13.8 Å². The van der Waals surface area contributed by atoms with E-state index in [2.05, 4.69) is 4.74 Å². The average molecular weight is 218 g/mol. The molecular weight excluding hydrogens is 209 g/mol. The second kappa shape index (κ2) is 4.33. The topological polar surface area (TPSA) is 26.3 Å². The van der Waals surface area contributed by atoms with Gasteiger partial charge in [0.1, 0.15) is 5.82 Å². The summed E-state index contributed by atoms with van der Waals surface area (Å²) in [5.74, 6) is -5.69. The first-order valence-corrected chi connectivity index (χ1v) is 4.28. The maximum atomic E-state index is 13.0. The highest BCUT2D eigenvalue weighted by atomic mass is 19.1. The van der Waals surface area contributed by atoms with Crippen LogP contribution in [0.1, 0.15) is 13.8 Å². The van der Waals surface area contributed by atoms with E-state index in [4.69, 9.17) is 0 Å². The van der Waals surface area contributed by atoms with Crippen molar-refractivity contribution in [3.05, 3.63) is 29.6 Å². The van der Waals surface area contributed by atoms with E-state index >= 15 is 0 Å². The number of carbonyl (C=O) groups excluding carboxylic acids is 1. The molecule has 0 fully saturated rings. The summed E-state index contributed by atoms with van der Waals surface area (Å²) in [6.07, 6.45) is 0. The van der Waals surface area contributed by atoms with Crippen molar-refractivity contribution in [2.45, 2.75) is 13.8 Å². The Morgan fingerprint density at radius 2 is 1.67 bits per heavy atom. The van der Waals surface area contributed by atoms with Crippen molar-refractivity contribution < 1.29 is 22.7 Å². The maximum Gasteiger partial charge on any atom is 0.313 e. The molecule has 0 aromatic heterocycles. The predicted molar refractivity (Wildman–Crippen MR) is 46.8 cm³/mol. The second-order valence-electron chi connectivity index (χ2n) is 3.27. The van der Waals surface area contributed by atoms with Gasteiger partial charge in [-0.25, -0.2) is 13.2 Å². The molecule has 0 radical (unpaired) electrons. The van der Waals surface area contributed by atoms with E-state index in [-0.39, 0.29) is 0 Å². The molecule has 0 saturated heterocycles. The van der Waals surface area contributed by atoms with Crippen LogP contribution in [0.4, 0.5) is 13.2 Å². The van der Waals surface area contributed by atoms with E-state index in [1.165, 1.54) is 13.8 Å². The van der Waals surface area contributed by atoms with Crippen molar-refractivity contribution >= 4 is 5.97 Å². The standard InChI is InChI=1S/C10H9F3O2/c1-5(2)10(14)15-9-7(12)3-6(11)4-8(9)13/h3-5H,1-2H3. The minimum absolute atomic E-state index is 0.450. The smallest absolute Gasteiger partial charge is 0.313 e. The zero-order valence-electron chi connectivity index (χ0n) is 8.18. The highest BCUT2D eigenvalue weighted by molar-refractivity contribution is 5.74. The number of hydrogen-bond acceptors (Lipinski definition) is 2. The van der Waals surface area contributed by atoms with Crippen LogP contribution in [0.5, 0.6) is 5.75 Å². The maximum absolute atomic E-state index is 13.0. The van der Waals surface area contributed by atoms with Gasteiger partial charge in [0.05, 0.1) is 5.92 Å². The lowest BCUT2D eigenvalue weighted by molar-refractivity contribution is -0.138. The fourth-order valence-electron chi connectivity index (χ4n) is 0.845. The normalized spacial score (nSPS) is 10.5. The average Bonchev–Trinajstić information content (AvgIpc) is 2.10. The molecule has 0 aliphatic heterocycles. The Kier molecular flexibility index (Phi) is 3.34. The Bertz CT molecular complexity index is 365. The first-order valence-electron chi connectivity index (χ1n) is 4.28. The third kappa shape index (κ3) is 2.71. The summed E-state index contributed by atoms with van der Waals surface area (Å²) in [4.78, 5) is 11.1. The van der Waals surface area contributed by atoms with Crippen molar-refractivity contribution in [3.8, 4) is 5.75 Å². The molecule has 0 atom stereocenters. The highest BCUT2D eigenvalue weighted by Crippen LogP contribution is 2.23. The number of halogens is 3. The third-order valence-electron chi connectivity index (χ3n) is 1.64. The van der Waals surface area contributed by atoms with E-state index in [0.29, 0.717) is 12.1 Å². The summed E-state index contributed by atoms with van der Waals surface area (Å²) in [7, 11) is 0. The van der Waals surface area contributed by atoms with Crippen LogP contribution in [-0.2, 0) is 4.79 Å². The van der Waals surface area contributed by atoms with E-state index < -0.39 is 35.1 Å². The largest absolute Gasteiger partial charge is 0.420 e. The lowest BCUT2D eigenvalue weighted by Gasteiger charge is -2.08. The summed E-state index contributed by atoms with van der Waals surface area (Å²) < 4.78 is 42.9. The molecule has 0 N–H and O–H groups in total. The molecule has 0 amide bonds. The SMILES string of the molecule is CC(C)C(=O)Oc1c(F)cc(F)cc1F. The van der Waals surface area contributed by atoms with E-state index in [1.54, 1.807) is 0 Å².